The molecule has 3 rings (SSSR count). The number of rotatable bonds is 7. The second-order valence-corrected chi connectivity index (χ2v) is 8.36. The molecule has 0 saturated heterocycles. The van der Waals surface area contributed by atoms with Crippen LogP contribution >= 0.6 is 23.1 Å². The molecule has 0 radical (unpaired) electrons. The number of thioether (sulfide) groups is 1. The minimum absolute atomic E-state index is 0.0725. The topological polar surface area (TPSA) is 71.1 Å². The Kier molecular flexibility index (Phi) is 6.84. The lowest BCUT2D eigenvalue weighted by Gasteiger charge is -2.14. The molecule has 1 aromatic heterocycles. The molecule has 0 bridgehead atoms. The molecular weight excluding hydrogens is 390 g/mol. The fraction of sp³-hybridized carbons (Fsp3) is 0.190. The molecule has 0 fully saturated rings. The van der Waals surface area contributed by atoms with Gasteiger partial charge in [-0.1, -0.05) is 30.7 Å². The number of aryl methyl sites for hydroxylation is 1. The summed E-state index contributed by atoms with van der Waals surface area (Å²) in [5.41, 5.74) is 2.35. The van der Waals surface area contributed by atoms with E-state index in [4.69, 9.17) is 0 Å². The number of hydrogen-bond donors (Lipinski definition) is 2. The Balaban J connectivity index is 1.66. The van der Waals surface area contributed by atoms with Gasteiger partial charge in [-0.15, -0.1) is 23.1 Å². The fourth-order valence-electron chi connectivity index (χ4n) is 2.59. The van der Waals surface area contributed by atoms with Crippen molar-refractivity contribution >= 4 is 45.7 Å². The highest BCUT2D eigenvalue weighted by atomic mass is 32.2. The molecule has 2 amide bonds. The summed E-state index contributed by atoms with van der Waals surface area (Å²) in [5.74, 6) is -0.226. The van der Waals surface area contributed by atoms with Gasteiger partial charge in [0.05, 0.1) is 5.25 Å². The van der Waals surface area contributed by atoms with E-state index in [1.165, 1.54) is 23.1 Å². The summed E-state index contributed by atoms with van der Waals surface area (Å²) in [6.45, 7) is 3.93. The van der Waals surface area contributed by atoms with E-state index in [2.05, 4.69) is 15.6 Å². The Morgan fingerprint density at radius 3 is 2.68 bits per heavy atom. The van der Waals surface area contributed by atoms with Crippen molar-refractivity contribution in [3.8, 4) is 0 Å². The monoisotopic (exact) mass is 411 g/mol. The number of hydrogen-bond acceptors (Lipinski definition) is 5. The molecule has 3 aromatic rings. The van der Waals surface area contributed by atoms with Crippen molar-refractivity contribution in [3.63, 3.8) is 0 Å². The number of nitrogens with one attached hydrogen (secondary N) is 2. The Hall–Kier alpha value is -2.64. The van der Waals surface area contributed by atoms with Crippen LogP contribution in [0.5, 0.6) is 0 Å². The van der Waals surface area contributed by atoms with Gasteiger partial charge in [0.1, 0.15) is 0 Å². The van der Waals surface area contributed by atoms with Crippen LogP contribution in [-0.4, -0.2) is 22.0 Å². The molecule has 1 heterocycles. The predicted octanol–water partition coefficient (Wildman–Crippen LogP) is 5.21. The van der Waals surface area contributed by atoms with Crippen LogP contribution in [0.4, 0.5) is 10.8 Å². The van der Waals surface area contributed by atoms with Gasteiger partial charge in [0, 0.05) is 27.7 Å². The summed E-state index contributed by atoms with van der Waals surface area (Å²) in [5, 5.41) is 7.95. The van der Waals surface area contributed by atoms with Crippen molar-refractivity contribution in [1.82, 2.24) is 4.98 Å². The molecule has 0 aliphatic rings. The Morgan fingerprint density at radius 2 is 1.96 bits per heavy atom. The molecule has 5 nitrogen and oxygen atoms in total. The van der Waals surface area contributed by atoms with Crippen LogP contribution < -0.4 is 10.6 Å². The lowest BCUT2D eigenvalue weighted by atomic mass is 10.1. The first kappa shape index (κ1) is 20.1. The summed E-state index contributed by atoms with van der Waals surface area (Å²) in [4.78, 5) is 30.0. The first-order valence-electron chi connectivity index (χ1n) is 8.90. The van der Waals surface area contributed by atoms with E-state index in [1.54, 1.807) is 12.3 Å². The molecule has 144 valence electrons. The molecule has 7 heteroatoms. The molecule has 2 aromatic carbocycles. The first-order chi connectivity index (χ1) is 13.5. The average Bonchev–Trinajstić information content (AvgIpc) is 3.19. The van der Waals surface area contributed by atoms with Gasteiger partial charge in [0.15, 0.2) is 5.13 Å². The lowest BCUT2D eigenvalue weighted by molar-refractivity contribution is -0.115. The van der Waals surface area contributed by atoms with E-state index in [0.29, 0.717) is 22.8 Å². The third kappa shape index (κ3) is 5.43. The number of aromatic nitrogens is 1. The van der Waals surface area contributed by atoms with Crippen molar-refractivity contribution in [2.24, 2.45) is 0 Å². The van der Waals surface area contributed by atoms with Crippen molar-refractivity contribution < 1.29 is 9.59 Å². The summed E-state index contributed by atoms with van der Waals surface area (Å²) in [6.07, 6.45) is 2.34. The van der Waals surface area contributed by atoms with Crippen molar-refractivity contribution in [1.29, 1.82) is 0 Å². The molecular formula is C21H21N3O2S2. The minimum Gasteiger partial charge on any atom is -0.322 e. The number of carbonyl (C=O) groups excluding carboxylic acids is 2. The third-order valence-electron chi connectivity index (χ3n) is 3.98. The maximum absolute atomic E-state index is 12.5. The SMILES string of the molecule is CCC(Sc1cccc(NC(=O)c2cccc(C)c2)c1)C(=O)Nc1nccs1. The second-order valence-electron chi connectivity index (χ2n) is 6.19. The Labute approximate surface area is 172 Å². The van der Waals surface area contributed by atoms with Gasteiger partial charge >= 0.3 is 0 Å². The van der Waals surface area contributed by atoms with Crippen molar-refractivity contribution in [2.45, 2.75) is 30.4 Å². The van der Waals surface area contributed by atoms with Gasteiger partial charge in [0.2, 0.25) is 5.91 Å². The van der Waals surface area contributed by atoms with E-state index in [0.717, 1.165) is 10.5 Å². The standard InChI is InChI=1S/C21H21N3O2S2/c1-3-18(20(26)24-21-22-10-11-27-21)28-17-9-5-8-16(13-17)23-19(25)15-7-4-6-14(2)12-15/h4-13,18H,3H2,1-2H3,(H,23,25)(H,22,24,26). The van der Waals surface area contributed by atoms with Gasteiger partial charge in [-0.2, -0.15) is 0 Å². The molecule has 0 aliphatic carbocycles. The van der Waals surface area contributed by atoms with Crippen LogP contribution in [0.25, 0.3) is 0 Å². The molecule has 2 N–H and O–H groups in total. The molecule has 1 atom stereocenters. The van der Waals surface area contributed by atoms with Crippen LogP contribution in [0.2, 0.25) is 0 Å². The highest BCUT2D eigenvalue weighted by molar-refractivity contribution is 8.00. The van der Waals surface area contributed by atoms with E-state index in [-0.39, 0.29) is 17.1 Å². The highest BCUT2D eigenvalue weighted by Gasteiger charge is 2.19. The number of amides is 2. The maximum Gasteiger partial charge on any atom is 0.255 e. The molecule has 28 heavy (non-hydrogen) atoms. The van der Waals surface area contributed by atoms with Crippen LogP contribution in [0.3, 0.4) is 0 Å². The summed E-state index contributed by atoms with van der Waals surface area (Å²) in [7, 11) is 0. The van der Waals surface area contributed by atoms with Crippen LogP contribution in [0, 0.1) is 6.92 Å². The second kappa shape index (κ2) is 9.52. The number of benzene rings is 2. The maximum atomic E-state index is 12.5. The quantitative estimate of drug-likeness (QED) is 0.523. The Bertz CT molecular complexity index is 958. The van der Waals surface area contributed by atoms with Crippen LogP contribution in [0.15, 0.2) is 65.0 Å². The van der Waals surface area contributed by atoms with E-state index < -0.39 is 0 Å². The van der Waals surface area contributed by atoms with Crippen molar-refractivity contribution in [2.75, 3.05) is 10.6 Å². The smallest absolute Gasteiger partial charge is 0.255 e. The molecule has 0 aliphatic heterocycles. The molecule has 1 unspecified atom stereocenters. The average molecular weight is 412 g/mol. The van der Waals surface area contributed by atoms with Gasteiger partial charge in [-0.25, -0.2) is 4.98 Å². The number of carbonyl (C=O) groups is 2. The number of nitrogens with zero attached hydrogens (tertiary/aromatic N) is 1. The zero-order valence-electron chi connectivity index (χ0n) is 15.6. The Morgan fingerprint density at radius 1 is 1.14 bits per heavy atom. The van der Waals surface area contributed by atoms with Gasteiger partial charge in [-0.05, 0) is 43.7 Å². The van der Waals surface area contributed by atoms with Crippen LogP contribution in [-0.2, 0) is 4.79 Å². The third-order valence-corrected chi connectivity index (χ3v) is 6.02. The minimum atomic E-state index is -0.244. The number of anilines is 2. The molecule has 0 saturated carbocycles. The van der Waals surface area contributed by atoms with Gasteiger partial charge in [-0.3, -0.25) is 9.59 Å². The fourth-order valence-corrected chi connectivity index (χ4v) is 4.14. The lowest BCUT2D eigenvalue weighted by Crippen LogP contribution is -2.24. The number of thiazole rings is 1. The zero-order chi connectivity index (χ0) is 19.9. The van der Waals surface area contributed by atoms with E-state index >= 15 is 0 Å². The molecule has 0 spiro atoms. The summed E-state index contributed by atoms with van der Waals surface area (Å²) in [6, 6.07) is 15.0. The normalized spacial score (nSPS) is 11.6. The van der Waals surface area contributed by atoms with Gasteiger partial charge < -0.3 is 10.6 Å². The van der Waals surface area contributed by atoms with Crippen LogP contribution in [0.1, 0.15) is 29.3 Å². The van der Waals surface area contributed by atoms with E-state index in [1.807, 2.05) is 61.7 Å². The predicted molar refractivity (Wildman–Crippen MR) is 116 cm³/mol. The highest BCUT2D eigenvalue weighted by Crippen LogP contribution is 2.29. The first-order valence-corrected chi connectivity index (χ1v) is 10.7. The zero-order valence-corrected chi connectivity index (χ0v) is 17.3. The van der Waals surface area contributed by atoms with Crippen molar-refractivity contribution in [3.05, 3.63) is 71.2 Å². The van der Waals surface area contributed by atoms with E-state index in [9.17, 15) is 9.59 Å². The largest absolute Gasteiger partial charge is 0.322 e. The summed E-state index contributed by atoms with van der Waals surface area (Å²) >= 11 is 2.87. The summed E-state index contributed by atoms with van der Waals surface area (Å²) < 4.78 is 0. The van der Waals surface area contributed by atoms with Gasteiger partial charge in [0.25, 0.3) is 5.91 Å².